The van der Waals surface area contributed by atoms with Crippen molar-refractivity contribution in [3.8, 4) is 0 Å². The van der Waals surface area contributed by atoms with Crippen LogP contribution in [0.2, 0.25) is 0 Å². The summed E-state index contributed by atoms with van der Waals surface area (Å²) in [6, 6.07) is 0.0669. The predicted molar refractivity (Wildman–Crippen MR) is 70.7 cm³/mol. The third kappa shape index (κ3) is 4.64. The Balaban J connectivity index is 2.24. The summed E-state index contributed by atoms with van der Waals surface area (Å²) in [6.07, 6.45) is 4.26. The summed E-state index contributed by atoms with van der Waals surface area (Å²) in [5.41, 5.74) is 5.99. The molecule has 0 radical (unpaired) electrons. The molecular weight excluding hydrogens is 214 g/mol. The zero-order valence-corrected chi connectivity index (χ0v) is 11.2. The van der Waals surface area contributed by atoms with Gasteiger partial charge in [0.15, 0.2) is 0 Å². The number of nitrogens with one attached hydrogen (secondary N) is 1. The fourth-order valence-electron chi connectivity index (χ4n) is 2.49. The highest BCUT2D eigenvalue weighted by Crippen LogP contribution is 2.22. The molecule has 4 nitrogen and oxygen atoms in total. The minimum absolute atomic E-state index is 0.0421. The van der Waals surface area contributed by atoms with Crippen LogP contribution in [0.15, 0.2) is 0 Å². The van der Waals surface area contributed by atoms with Gasteiger partial charge >= 0.3 is 0 Å². The lowest BCUT2D eigenvalue weighted by molar-refractivity contribution is -0.126. The molecule has 3 N–H and O–H groups in total. The van der Waals surface area contributed by atoms with Gasteiger partial charge in [0.1, 0.15) is 0 Å². The molecule has 1 rings (SSSR count). The van der Waals surface area contributed by atoms with Gasteiger partial charge in [0.2, 0.25) is 5.91 Å². The van der Waals surface area contributed by atoms with Gasteiger partial charge in [-0.3, -0.25) is 4.79 Å². The Kier molecular flexibility index (Phi) is 6.52. The topological polar surface area (TPSA) is 58.4 Å². The molecule has 0 aromatic heterocycles. The van der Waals surface area contributed by atoms with Crippen molar-refractivity contribution in [3.05, 3.63) is 0 Å². The number of carbonyl (C=O) groups excluding carboxylic acids is 1. The van der Waals surface area contributed by atoms with Crippen LogP contribution in [-0.2, 0) is 4.79 Å². The lowest BCUT2D eigenvalue weighted by Crippen LogP contribution is -2.45. The first-order valence-corrected chi connectivity index (χ1v) is 6.94. The lowest BCUT2D eigenvalue weighted by Gasteiger charge is -2.28. The first-order valence-electron chi connectivity index (χ1n) is 6.94. The summed E-state index contributed by atoms with van der Waals surface area (Å²) in [7, 11) is 0. The highest BCUT2D eigenvalue weighted by molar-refractivity contribution is 5.79. The molecule has 1 aliphatic carbocycles. The maximum absolute atomic E-state index is 12.0. The average Bonchev–Trinajstić information content (AvgIpc) is 2.35. The summed E-state index contributed by atoms with van der Waals surface area (Å²) >= 11 is 0. The van der Waals surface area contributed by atoms with Crippen molar-refractivity contribution in [3.63, 3.8) is 0 Å². The summed E-state index contributed by atoms with van der Waals surface area (Å²) < 4.78 is 0. The molecule has 0 spiro atoms. The molecule has 100 valence electrons. The van der Waals surface area contributed by atoms with Crippen molar-refractivity contribution in [1.82, 2.24) is 10.2 Å². The number of carbonyl (C=O) groups is 1. The van der Waals surface area contributed by atoms with Crippen LogP contribution >= 0.6 is 0 Å². The molecule has 17 heavy (non-hydrogen) atoms. The Morgan fingerprint density at radius 1 is 1.29 bits per heavy atom. The molecule has 0 aromatic rings. The normalized spacial score (nSPS) is 24.9. The monoisotopic (exact) mass is 241 g/mol. The van der Waals surface area contributed by atoms with Crippen LogP contribution < -0.4 is 11.1 Å². The van der Waals surface area contributed by atoms with Crippen molar-refractivity contribution in [2.75, 3.05) is 26.2 Å². The van der Waals surface area contributed by atoms with E-state index >= 15 is 0 Å². The van der Waals surface area contributed by atoms with Gasteiger partial charge in [-0.1, -0.05) is 26.7 Å². The van der Waals surface area contributed by atoms with Gasteiger partial charge in [-0.25, -0.2) is 0 Å². The Hall–Kier alpha value is -0.610. The van der Waals surface area contributed by atoms with Crippen LogP contribution in [0.5, 0.6) is 0 Å². The van der Waals surface area contributed by atoms with Crippen LogP contribution in [0.25, 0.3) is 0 Å². The second kappa shape index (κ2) is 7.67. The fourth-order valence-corrected chi connectivity index (χ4v) is 2.49. The van der Waals surface area contributed by atoms with Gasteiger partial charge in [0.25, 0.3) is 0 Å². The molecule has 2 atom stereocenters. The molecule has 2 unspecified atom stereocenters. The van der Waals surface area contributed by atoms with E-state index in [1.807, 2.05) is 0 Å². The first-order chi connectivity index (χ1) is 8.19. The van der Waals surface area contributed by atoms with Gasteiger partial charge in [0.05, 0.1) is 5.92 Å². The van der Waals surface area contributed by atoms with E-state index in [0.29, 0.717) is 0 Å². The Morgan fingerprint density at radius 2 is 1.94 bits per heavy atom. The highest BCUT2D eigenvalue weighted by atomic mass is 16.1. The van der Waals surface area contributed by atoms with E-state index in [-0.39, 0.29) is 17.9 Å². The zero-order chi connectivity index (χ0) is 12.7. The van der Waals surface area contributed by atoms with Crippen molar-refractivity contribution in [2.45, 2.75) is 45.6 Å². The SMILES string of the molecule is CCN(CC)CCNC(=O)C1CCCCC1N. The lowest BCUT2D eigenvalue weighted by atomic mass is 9.84. The van der Waals surface area contributed by atoms with Gasteiger partial charge in [-0.15, -0.1) is 0 Å². The van der Waals surface area contributed by atoms with Crippen molar-refractivity contribution in [2.24, 2.45) is 11.7 Å². The molecule has 1 saturated carbocycles. The molecule has 0 bridgehead atoms. The van der Waals surface area contributed by atoms with Crippen LogP contribution in [-0.4, -0.2) is 43.0 Å². The van der Waals surface area contributed by atoms with Crippen LogP contribution in [0.4, 0.5) is 0 Å². The highest BCUT2D eigenvalue weighted by Gasteiger charge is 2.27. The molecule has 0 aliphatic heterocycles. The molecule has 1 fully saturated rings. The minimum atomic E-state index is 0.0421. The van der Waals surface area contributed by atoms with E-state index in [1.54, 1.807) is 0 Å². The summed E-state index contributed by atoms with van der Waals surface area (Å²) in [5.74, 6) is 0.199. The summed E-state index contributed by atoms with van der Waals surface area (Å²) in [6.45, 7) is 8.03. The number of nitrogens with zero attached hydrogens (tertiary/aromatic N) is 1. The zero-order valence-electron chi connectivity index (χ0n) is 11.2. The number of amides is 1. The Bertz CT molecular complexity index is 229. The molecule has 4 heteroatoms. The van der Waals surface area contributed by atoms with Gasteiger partial charge in [-0.2, -0.15) is 0 Å². The standard InChI is InChI=1S/C13H27N3O/c1-3-16(4-2)10-9-15-13(17)11-7-5-6-8-12(11)14/h11-12H,3-10,14H2,1-2H3,(H,15,17). The van der Waals surface area contributed by atoms with Crippen molar-refractivity contribution in [1.29, 1.82) is 0 Å². The van der Waals surface area contributed by atoms with Gasteiger partial charge < -0.3 is 16.0 Å². The number of rotatable bonds is 6. The summed E-state index contributed by atoms with van der Waals surface area (Å²) in [5, 5.41) is 3.02. The van der Waals surface area contributed by atoms with Crippen LogP contribution in [0, 0.1) is 5.92 Å². The second-order valence-electron chi connectivity index (χ2n) is 4.87. The van der Waals surface area contributed by atoms with E-state index in [9.17, 15) is 4.79 Å². The maximum Gasteiger partial charge on any atom is 0.224 e. The molecule has 0 saturated heterocycles. The molecule has 0 heterocycles. The van der Waals surface area contributed by atoms with Crippen LogP contribution in [0.3, 0.4) is 0 Å². The van der Waals surface area contributed by atoms with E-state index in [0.717, 1.165) is 45.4 Å². The van der Waals surface area contributed by atoms with Gasteiger partial charge in [0, 0.05) is 19.1 Å². The number of likely N-dealkylation sites (N-methyl/N-ethyl adjacent to an activating group) is 1. The fraction of sp³-hybridized carbons (Fsp3) is 0.923. The number of nitrogens with two attached hydrogens (primary N) is 1. The molecule has 1 amide bonds. The van der Waals surface area contributed by atoms with E-state index in [1.165, 1.54) is 6.42 Å². The van der Waals surface area contributed by atoms with Gasteiger partial charge in [-0.05, 0) is 25.9 Å². The third-order valence-corrected chi connectivity index (χ3v) is 3.78. The van der Waals surface area contributed by atoms with Crippen molar-refractivity contribution >= 4 is 5.91 Å². The second-order valence-corrected chi connectivity index (χ2v) is 4.87. The van der Waals surface area contributed by atoms with E-state index < -0.39 is 0 Å². The van der Waals surface area contributed by atoms with E-state index in [2.05, 4.69) is 24.1 Å². The van der Waals surface area contributed by atoms with Crippen LogP contribution in [0.1, 0.15) is 39.5 Å². The van der Waals surface area contributed by atoms with E-state index in [4.69, 9.17) is 5.73 Å². The first kappa shape index (κ1) is 14.5. The number of hydrogen-bond donors (Lipinski definition) is 2. The Labute approximate surface area is 105 Å². The largest absolute Gasteiger partial charge is 0.355 e. The quantitative estimate of drug-likeness (QED) is 0.728. The molecule has 0 aromatic carbocycles. The maximum atomic E-state index is 12.0. The minimum Gasteiger partial charge on any atom is -0.355 e. The summed E-state index contributed by atoms with van der Waals surface area (Å²) in [4.78, 5) is 14.3. The third-order valence-electron chi connectivity index (χ3n) is 3.78. The predicted octanol–water partition coefficient (Wildman–Crippen LogP) is 0.962. The smallest absolute Gasteiger partial charge is 0.224 e. The molecular formula is C13H27N3O. The molecule has 1 aliphatic rings. The Morgan fingerprint density at radius 3 is 2.53 bits per heavy atom. The number of hydrogen-bond acceptors (Lipinski definition) is 3. The average molecular weight is 241 g/mol. The van der Waals surface area contributed by atoms with Crippen molar-refractivity contribution < 1.29 is 4.79 Å².